The van der Waals surface area contributed by atoms with Gasteiger partial charge in [0, 0.05) is 33.8 Å². The van der Waals surface area contributed by atoms with E-state index in [2.05, 4.69) is 37.6 Å². The van der Waals surface area contributed by atoms with Crippen LogP contribution >= 0.6 is 27.3 Å². The van der Waals surface area contributed by atoms with E-state index in [4.69, 9.17) is 24.0 Å². The van der Waals surface area contributed by atoms with Gasteiger partial charge in [-0.2, -0.15) is 0 Å². The van der Waals surface area contributed by atoms with Gasteiger partial charge in [0.2, 0.25) is 0 Å². The van der Waals surface area contributed by atoms with Crippen molar-refractivity contribution in [3.63, 3.8) is 0 Å². The van der Waals surface area contributed by atoms with Crippen molar-refractivity contribution >= 4 is 67.9 Å². The first kappa shape index (κ1) is 35.8. The summed E-state index contributed by atoms with van der Waals surface area (Å²) in [6.45, 7) is 8.69. The highest BCUT2D eigenvalue weighted by Crippen LogP contribution is 2.50. The summed E-state index contributed by atoms with van der Waals surface area (Å²) in [6, 6.07) is 22.1. The van der Waals surface area contributed by atoms with E-state index in [1.165, 1.54) is 23.5 Å². The van der Waals surface area contributed by atoms with E-state index in [9.17, 15) is 14.3 Å². The molecule has 0 amide bonds. The van der Waals surface area contributed by atoms with Crippen LogP contribution in [0.15, 0.2) is 82.6 Å². The van der Waals surface area contributed by atoms with Crippen LogP contribution in [0.4, 0.5) is 4.39 Å². The summed E-state index contributed by atoms with van der Waals surface area (Å²) in [4.78, 5) is 28.6. The number of benzene rings is 3. The number of imidazole rings is 1. The van der Waals surface area contributed by atoms with Crippen LogP contribution in [-0.4, -0.2) is 48.9 Å². The minimum atomic E-state index is -1.30. The van der Waals surface area contributed by atoms with Crippen LogP contribution in [0.5, 0.6) is 5.75 Å². The zero-order valence-electron chi connectivity index (χ0n) is 29.9. The third-order valence-corrected chi connectivity index (χ3v) is 12.7. The maximum Gasteiger partial charge on any atom is 0.515 e. The third-order valence-electron chi connectivity index (χ3n) is 11.1. The van der Waals surface area contributed by atoms with Crippen molar-refractivity contribution in [1.82, 2.24) is 19.5 Å². The Morgan fingerprint density at radius 3 is 2.51 bits per heavy atom. The Kier molecular flexibility index (Phi) is 9.20. The minimum absolute atomic E-state index is 0.213. The van der Waals surface area contributed by atoms with E-state index in [-0.39, 0.29) is 12.4 Å². The molecule has 8 rings (SSSR count). The second kappa shape index (κ2) is 13.6. The average Bonchev–Trinajstić information content (AvgIpc) is 3.82. The Balaban J connectivity index is 1.17. The lowest BCUT2D eigenvalue weighted by Crippen LogP contribution is -2.46. The highest BCUT2D eigenvalue weighted by Gasteiger charge is 2.56. The van der Waals surface area contributed by atoms with Gasteiger partial charge in [-0.1, -0.05) is 47.0 Å². The molecule has 2 atom stereocenters. The lowest BCUT2D eigenvalue weighted by Gasteiger charge is -2.39. The number of carboxylic acid groups (broad SMARTS) is 1. The second-order valence-corrected chi connectivity index (χ2v) is 16.8. The van der Waals surface area contributed by atoms with Crippen molar-refractivity contribution in [2.45, 2.75) is 89.1 Å². The number of hydrogen-bond acceptors (Lipinski definition) is 8. The van der Waals surface area contributed by atoms with Crippen LogP contribution in [0, 0.1) is 5.82 Å². The van der Waals surface area contributed by atoms with Crippen molar-refractivity contribution < 1.29 is 28.3 Å². The maximum absolute atomic E-state index is 13.7. The number of thiazole rings is 1. The first-order chi connectivity index (χ1) is 25.3. The molecule has 6 aromatic rings. The second-order valence-electron chi connectivity index (χ2n) is 15.0. The number of hydrogen-bond donors (Lipinski definition) is 1. The number of pyridine rings is 1. The molecule has 1 N–H and O–H groups in total. The number of nitrogens with zero attached hydrogens (tertiary/aromatic N) is 4. The molecule has 2 fully saturated rings. The van der Waals surface area contributed by atoms with Crippen LogP contribution < -0.4 is 10.3 Å². The largest absolute Gasteiger partial charge is 0.515 e. The molecular weight excluding hydrogens is 758 g/mol. The van der Waals surface area contributed by atoms with E-state index < -0.39 is 35.6 Å². The predicted octanol–water partition coefficient (Wildman–Crippen LogP) is 8.55. The van der Waals surface area contributed by atoms with E-state index in [0.717, 1.165) is 33.8 Å². The van der Waals surface area contributed by atoms with Crippen LogP contribution in [0.2, 0.25) is 0 Å². The molecule has 3 aromatic carbocycles. The van der Waals surface area contributed by atoms with Crippen molar-refractivity contribution in [1.29, 1.82) is 0 Å². The summed E-state index contributed by atoms with van der Waals surface area (Å²) >= 11 is 4.90. The van der Waals surface area contributed by atoms with Crippen LogP contribution in [0.1, 0.15) is 81.4 Å². The van der Waals surface area contributed by atoms with Gasteiger partial charge in [0.1, 0.15) is 34.4 Å². The van der Waals surface area contributed by atoms with E-state index in [1.54, 1.807) is 6.07 Å². The van der Waals surface area contributed by atoms with Crippen molar-refractivity contribution in [3.05, 3.63) is 111 Å². The standard InChI is InChI=1S/C40H39BBrFN4O5S/c1-38(2)39(3,4)52-41(51-38)34-23-53-36(46-34)40(37(48)49)18-6-5-7-30(40)35-45-32-20-29(15-17-33(32)47(35)21-24-8-11-26(42)12-9-24)50-22-28-14-10-25-19-27(43)13-16-31(25)44-28/h8-17,19-20,23,30H,5-7,18,21-22H2,1-4H3,(H,48,49)/t30-,40+/m1/s1. The number of ether oxygens (including phenoxy) is 1. The summed E-state index contributed by atoms with van der Waals surface area (Å²) in [6.07, 6.45) is 2.71. The van der Waals surface area contributed by atoms with Gasteiger partial charge in [-0.15, -0.1) is 11.3 Å². The van der Waals surface area contributed by atoms with Gasteiger partial charge in [0.25, 0.3) is 0 Å². The van der Waals surface area contributed by atoms with Gasteiger partial charge in [0.05, 0.1) is 39.0 Å². The fourth-order valence-electron chi connectivity index (χ4n) is 7.49. The highest BCUT2D eigenvalue weighted by atomic mass is 79.9. The van der Waals surface area contributed by atoms with Crippen molar-refractivity contribution in [2.75, 3.05) is 0 Å². The summed E-state index contributed by atoms with van der Waals surface area (Å²) in [7, 11) is -0.689. The monoisotopic (exact) mass is 796 g/mol. The van der Waals surface area contributed by atoms with Crippen LogP contribution in [-0.2, 0) is 32.7 Å². The zero-order valence-corrected chi connectivity index (χ0v) is 32.3. The Bertz CT molecular complexity index is 2330. The van der Waals surface area contributed by atoms with Crippen LogP contribution in [0.25, 0.3) is 21.9 Å². The van der Waals surface area contributed by atoms with Gasteiger partial charge in [-0.05, 0) is 94.6 Å². The summed E-state index contributed by atoms with van der Waals surface area (Å²) < 4.78 is 35.6. The molecule has 1 aliphatic heterocycles. The first-order valence-corrected chi connectivity index (χ1v) is 19.5. The first-order valence-electron chi connectivity index (χ1n) is 17.8. The minimum Gasteiger partial charge on any atom is -0.487 e. The Hall–Kier alpha value is -4.17. The highest BCUT2D eigenvalue weighted by molar-refractivity contribution is 9.10. The van der Waals surface area contributed by atoms with Gasteiger partial charge in [0.15, 0.2) is 0 Å². The number of carboxylic acids is 1. The molecule has 0 unspecified atom stereocenters. The molecule has 272 valence electrons. The fraction of sp³-hybridized carbons (Fsp3) is 0.350. The Morgan fingerprint density at radius 1 is 0.981 bits per heavy atom. The number of carbonyl (C=O) groups is 1. The molecule has 13 heteroatoms. The van der Waals surface area contributed by atoms with E-state index >= 15 is 0 Å². The van der Waals surface area contributed by atoms with Crippen molar-refractivity contribution in [2.24, 2.45) is 0 Å². The molecule has 53 heavy (non-hydrogen) atoms. The number of aliphatic carboxylic acids is 1. The molecule has 3 aromatic heterocycles. The fourth-order valence-corrected chi connectivity index (χ4v) is 8.85. The molecule has 1 saturated heterocycles. The molecule has 4 heterocycles. The lowest BCUT2D eigenvalue weighted by molar-refractivity contribution is -0.146. The number of halogens is 2. The maximum atomic E-state index is 13.7. The molecule has 1 saturated carbocycles. The number of fused-ring (bicyclic) bond motifs is 2. The van der Waals surface area contributed by atoms with Gasteiger partial charge < -0.3 is 23.7 Å². The topological polar surface area (TPSA) is 109 Å². The third kappa shape index (κ3) is 6.55. The number of aromatic nitrogens is 4. The molecule has 9 nitrogen and oxygen atoms in total. The van der Waals surface area contributed by atoms with Gasteiger partial charge in [-0.3, -0.25) is 4.79 Å². The average molecular weight is 798 g/mol. The van der Waals surface area contributed by atoms with Gasteiger partial charge >= 0.3 is 13.1 Å². The van der Waals surface area contributed by atoms with Crippen LogP contribution in [0.3, 0.4) is 0 Å². The van der Waals surface area contributed by atoms with Gasteiger partial charge in [-0.25, -0.2) is 19.3 Å². The molecular formula is C40H39BBrFN4O5S. The number of rotatable bonds is 9. The van der Waals surface area contributed by atoms with E-state index in [1.807, 2.05) is 75.5 Å². The quantitative estimate of drug-likeness (QED) is 0.145. The molecule has 0 spiro atoms. The predicted molar refractivity (Wildman–Crippen MR) is 207 cm³/mol. The summed E-state index contributed by atoms with van der Waals surface area (Å²) in [5.74, 6) is -0.349. The smallest absolute Gasteiger partial charge is 0.487 e. The SMILES string of the molecule is CC1(C)OB(c2csc([C@]3(C(=O)O)CCCC[C@@H]3c3nc4cc(OCc5ccc6cc(F)ccc6n5)ccc4n3Cc3ccc(Br)cc3)n2)OC1(C)C. The molecule has 1 aliphatic carbocycles. The molecule has 0 radical (unpaired) electrons. The lowest BCUT2D eigenvalue weighted by atomic mass is 9.66. The zero-order chi connectivity index (χ0) is 37.1. The van der Waals surface area contributed by atoms with Crippen molar-refractivity contribution in [3.8, 4) is 5.75 Å². The van der Waals surface area contributed by atoms with E-state index in [0.29, 0.717) is 58.3 Å². The summed E-state index contributed by atoms with van der Waals surface area (Å²) in [5, 5.41) is 14.4. The molecule has 0 bridgehead atoms. The normalized spacial score (nSPS) is 21.0. The Morgan fingerprint density at radius 2 is 1.75 bits per heavy atom. The summed E-state index contributed by atoms with van der Waals surface area (Å²) in [5.41, 5.74) is 2.24. The molecule has 2 aliphatic rings. The Labute approximate surface area is 319 Å².